The summed E-state index contributed by atoms with van der Waals surface area (Å²) in [6, 6.07) is 4.82. The second-order valence-corrected chi connectivity index (χ2v) is 3.65. The van der Waals surface area contributed by atoms with E-state index in [1.807, 2.05) is 5.38 Å². The Labute approximate surface area is 78.8 Å². The van der Waals surface area contributed by atoms with Crippen molar-refractivity contribution in [1.29, 1.82) is 0 Å². The van der Waals surface area contributed by atoms with Crippen LogP contribution in [0.1, 0.15) is 4.88 Å². The molecule has 0 fully saturated rings. The summed E-state index contributed by atoms with van der Waals surface area (Å²) >= 11 is 1.50. The summed E-state index contributed by atoms with van der Waals surface area (Å²) in [6.07, 6.45) is 0. The van der Waals surface area contributed by atoms with Crippen molar-refractivity contribution in [2.24, 2.45) is 0 Å². The fourth-order valence-electron chi connectivity index (χ4n) is 1.21. The van der Waals surface area contributed by atoms with E-state index in [0.717, 1.165) is 15.6 Å². The first-order valence-corrected chi connectivity index (χ1v) is 4.54. The molecule has 13 heavy (non-hydrogen) atoms. The lowest BCUT2D eigenvalue weighted by atomic mass is 10.2. The monoisotopic (exact) mass is 192 g/mol. The lowest BCUT2D eigenvalue weighted by Crippen LogP contribution is -1.86. The number of rotatable bonds is 1. The predicted octanol–water partition coefficient (Wildman–Crippen LogP) is 2.99. The van der Waals surface area contributed by atoms with Gasteiger partial charge in [-0.25, -0.2) is 0 Å². The van der Waals surface area contributed by atoms with E-state index in [1.54, 1.807) is 12.1 Å². The first-order valence-electron chi connectivity index (χ1n) is 3.66. The number of nitro groups is 1. The maximum atomic E-state index is 10.4. The highest BCUT2D eigenvalue weighted by atomic mass is 32.1. The molecule has 0 saturated carbocycles. The average molecular weight is 192 g/mol. The maximum absolute atomic E-state index is 10.4. The molecule has 0 spiro atoms. The SMILES string of the molecule is [CH2]c1scc2cc([N+](=O)[O-])ccc12. The van der Waals surface area contributed by atoms with Gasteiger partial charge in [0.05, 0.1) is 4.92 Å². The summed E-state index contributed by atoms with van der Waals surface area (Å²) in [7, 11) is 0. The molecule has 0 bridgehead atoms. The van der Waals surface area contributed by atoms with Crippen molar-refractivity contribution in [3.63, 3.8) is 0 Å². The Hall–Kier alpha value is -1.42. The van der Waals surface area contributed by atoms with E-state index in [0.29, 0.717) is 0 Å². The Balaban J connectivity index is 2.70. The average Bonchev–Trinajstić information content (AvgIpc) is 2.47. The van der Waals surface area contributed by atoms with E-state index >= 15 is 0 Å². The molecule has 1 aromatic heterocycles. The van der Waals surface area contributed by atoms with E-state index in [4.69, 9.17) is 0 Å². The van der Waals surface area contributed by atoms with Crippen molar-refractivity contribution < 1.29 is 4.92 Å². The minimum atomic E-state index is -0.389. The molecule has 0 saturated heterocycles. The molecule has 65 valence electrons. The van der Waals surface area contributed by atoms with Crippen molar-refractivity contribution >= 4 is 27.8 Å². The third kappa shape index (κ3) is 1.29. The van der Waals surface area contributed by atoms with Crippen molar-refractivity contribution in [2.45, 2.75) is 0 Å². The zero-order valence-electron chi connectivity index (χ0n) is 6.69. The molecule has 0 aliphatic heterocycles. The Kier molecular flexibility index (Phi) is 1.77. The van der Waals surface area contributed by atoms with E-state index < -0.39 is 0 Å². The molecule has 0 aliphatic carbocycles. The number of hydrogen-bond donors (Lipinski definition) is 0. The molecular weight excluding hydrogens is 186 g/mol. The van der Waals surface area contributed by atoms with Crippen LogP contribution < -0.4 is 0 Å². The number of benzene rings is 1. The zero-order chi connectivity index (χ0) is 9.42. The molecule has 2 rings (SSSR count). The largest absolute Gasteiger partial charge is 0.270 e. The minimum Gasteiger partial charge on any atom is -0.258 e. The molecule has 0 atom stereocenters. The van der Waals surface area contributed by atoms with Gasteiger partial charge in [0.15, 0.2) is 0 Å². The molecule has 0 N–H and O–H groups in total. The lowest BCUT2D eigenvalue weighted by molar-refractivity contribution is -0.384. The smallest absolute Gasteiger partial charge is 0.258 e. The van der Waals surface area contributed by atoms with Gasteiger partial charge in [-0.3, -0.25) is 10.1 Å². The summed E-state index contributed by atoms with van der Waals surface area (Å²) in [5.74, 6) is 0. The van der Waals surface area contributed by atoms with Crippen LogP contribution in [0, 0.1) is 17.0 Å². The van der Waals surface area contributed by atoms with E-state index in [9.17, 15) is 10.1 Å². The number of nitrogens with zero attached hydrogens (tertiary/aromatic N) is 1. The van der Waals surface area contributed by atoms with Gasteiger partial charge >= 0.3 is 0 Å². The summed E-state index contributed by atoms with van der Waals surface area (Å²) in [5, 5.41) is 14.2. The van der Waals surface area contributed by atoms with Gasteiger partial charge in [-0.15, -0.1) is 11.3 Å². The standard InChI is InChI=1S/C9H6NO2S/c1-6-9-3-2-8(10(11)12)4-7(9)5-13-6/h2-5H,1H2. The Morgan fingerprint density at radius 2 is 2.23 bits per heavy atom. The van der Waals surface area contributed by atoms with Gasteiger partial charge in [-0.05, 0) is 29.1 Å². The highest BCUT2D eigenvalue weighted by Crippen LogP contribution is 2.27. The van der Waals surface area contributed by atoms with Crippen LogP contribution in [0.5, 0.6) is 0 Å². The molecule has 1 aromatic carbocycles. The van der Waals surface area contributed by atoms with Crippen LogP contribution >= 0.6 is 11.3 Å². The highest BCUT2D eigenvalue weighted by molar-refractivity contribution is 7.11. The van der Waals surface area contributed by atoms with Crippen LogP contribution in [0.15, 0.2) is 23.6 Å². The normalized spacial score (nSPS) is 10.5. The van der Waals surface area contributed by atoms with Gasteiger partial charge in [-0.1, -0.05) is 0 Å². The topological polar surface area (TPSA) is 43.1 Å². The first kappa shape index (κ1) is 8.19. The van der Waals surface area contributed by atoms with Crippen LogP contribution in [-0.2, 0) is 0 Å². The van der Waals surface area contributed by atoms with Crippen molar-refractivity contribution in [3.05, 3.63) is 45.5 Å². The molecule has 0 unspecified atom stereocenters. The van der Waals surface area contributed by atoms with Gasteiger partial charge in [0.25, 0.3) is 5.69 Å². The quantitative estimate of drug-likeness (QED) is 0.515. The lowest BCUT2D eigenvalue weighted by Gasteiger charge is -1.92. The Bertz CT molecular complexity index is 475. The highest BCUT2D eigenvalue weighted by Gasteiger charge is 2.07. The fourth-order valence-corrected chi connectivity index (χ4v) is 1.99. The summed E-state index contributed by atoms with van der Waals surface area (Å²) in [4.78, 5) is 11.0. The van der Waals surface area contributed by atoms with E-state index in [1.165, 1.54) is 17.4 Å². The van der Waals surface area contributed by atoms with E-state index in [-0.39, 0.29) is 10.6 Å². The number of non-ortho nitro benzene ring substituents is 1. The van der Waals surface area contributed by atoms with E-state index in [2.05, 4.69) is 6.92 Å². The Morgan fingerprint density at radius 1 is 1.46 bits per heavy atom. The summed E-state index contributed by atoms with van der Waals surface area (Å²) < 4.78 is 0. The van der Waals surface area contributed by atoms with Gasteiger partial charge in [-0.2, -0.15) is 0 Å². The van der Waals surface area contributed by atoms with Crippen molar-refractivity contribution in [1.82, 2.24) is 0 Å². The number of hydrogen-bond acceptors (Lipinski definition) is 3. The van der Waals surface area contributed by atoms with Crippen LogP contribution in [-0.4, -0.2) is 4.92 Å². The number of nitro benzene ring substituents is 1. The first-order chi connectivity index (χ1) is 6.18. The fraction of sp³-hybridized carbons (Fsp3) is 0. The summed E-state index contributed by atoms with van der Waals surface area (Å²) in [5.41, 5.74) is 0.130. The zero-order valence-corrected chi connectivity index (χ0v) is 7.50. The van der Waals surface area contributed by atoms with Crippen LogP contribution in [0.2, 0.25) is 0 Å². The van der Waals surface area contributed by atoms with Crippen LogP contribution in [0.4, 0.5) is 5.69 Å². The maximum Gasteiger partial charge on any atom is 0.270 e. The number of thiophene rings is 1. The number of fused-ring (bicyclic) bond motifs is 1. The predicted molar refractivity (Wildman–Crippen MR) is 52.9 cm³/mol. The van der Waals surface area contributed by atoms with Gasteiger partial charge in [0, 0.05) is 17.0 Å². The van der Waals surface area contributed by atoms with Gasteiger partial charge in [0.2, 0.25) is 0 Å². The third-order valence-corrected chi connectivity index (χ3v) is 2.75. The van der Waals surface area contributed by atoms with Crippen molar-refractivity contribution in [2.75, 3.05) is 0 Å². The summed E-state index contributed by atoms with van der Waals surface area (Å²) in [6.45, 7) is 3.83. The molecule has 1 radical (unpaired) electrons. The molecule has 3 nitrogen and oxygen atoms in total. The van der Waals surface area contributed by atoms with Gasteiger partial charge < -0.3 is 0 Å². The molecule has 0 amide bonds. The van der Waals surface area contributed by atoms with Gasteiger partial charge in [0.1, 0.15) is 0 Å². The molecule has 0 aliphatic rings. The van der Waals surface area contributed by atoms with Crippen LogP contribution in [0.3, 0.4) is 0 Å². The Morgan fingerprint density at radius 3 is 2.92 bits per heavy atom. The van der Waals surface area contributed by atoms with Crippen molar-refractivity contribution in [3.8, 4) is 0 Å². The molecular formula is C9H6NO2S. The van der Waals surface area contributed by atoms with Crippen LogP contribution in [0.25, 0.3) is 10.8 Å². The molecule has 4 heteroatoms. The minimum absolute atomic E-state index is 0.130. The molecule has 1 heterocycles. The second kappa shape index (κ2) is 2.81. The third-order valence-electron chi connectivity index (χ3n) is 1.87. The molecule has 2 aromatic rings. The second-order valence-electron chi connectivity index (χ2n) is 2.69.